The molecule has 1 radical (unpaired) electrons. The third-order valence-corrected chi connectivity index (χ3v) is 0.770. The van der Waals surface area contributed by atoms with Crippen LogP contribution in [0.4, 0.5) is 0 Å². The summed E-state index contributed by atoms with van der Waals surface area (Å²) in [6, 6.07) is 0. The first-order valence-electron chi connectivity index (χ1n) is 2.04. The van der Waals surface area contributed by atoms with Crippen molar-refractivity contribution in [2.45, 2.75) is 13.8 Å². The minimum absolute atomic E-state index is 0. The van der Waals surface area contributed by atoms with Gasteiger partial charge in [-0.3, -0.25) is 0 Å². The van der Waals surface area contributed by atoms with Gasteiger partial charge in [0.05, 0.1) is 0 Å². The molecule has 0 aliphatic heterocycles. The molecular formula is C5H8O2Ta. The second-order valence-corrected chi connectivity index (χ2v) is 1.28. The van der Waals surface area contributed by atoms with Gasteiger partial charge in [-0.1, -0.05) is 6.08 Å². The second kappa shape index (κ2) is 5.09. The average Bonchev–Trinajstić information content (AvgIpc) is 1.65. The summed E-state index contributed by atoms with van der Waals surface area (Å²) in [7, 11) is 0. The third kappa shape index (κ3) is 4.12. The van der Waals surface area contributed by atoms with E-state index in [0.717, 1.165) is 0 Å². The molecule has 0 aromatic rings. The molecule has 0 saturated carbocycles. The monoisotopic (exact) mass is 281 g/mol. The summed E-state index contributed by atoms with van der Waals surface area (Å²) >= 11 is 0. The van der Waals surface area contributed by atoms with E-state index in [1.54, 1.807) is 19.9 Å². The Labute approximate surface area is 64.1 Å². The minimum Gasteiger partial charge on any atom is -0.478 e. The minimum atomic E-state index is -0.845. The van der Waals surface area contributed by atoms with Crippen LogP contribution in [-0.4, -0.2) is 11.1 Å². The maximum Gasteiger partial charge on any atom is 0.330 e. The van der Waals surface area contributed by atoms with E-state index in [1.807, 2.05) is 0 Å². The zero-order chi connectivity index (χ0) is 5.86. The van der Waals surface area contributed by atoms with E-state index in [2.05, 4.69) is 0 Å². The summed E-state index contributed by atoms with van der Waals surface area (Å²) < 4.78 is 0. The first-order valence-corrected chi connectivity index (χ1v) is 2.04. The molecule has 1 N–H and O–H groups in total. The Kier molecular flexibility index (Phi) is 6.91. The molecule has 0 heterocycles. The largest absolute Gasteiger partial charge is 0.478 e. The van der Waals surface area contributed by atoms with Crippen LogP contribution in [0.1, 0.15) is 13.8 Å². The molecule has 0 amide bonds. The van der Waals surface area contributed by atoms with Crippen LogP contribution in [0, 0.1) is 0 Å². The van der Waals surface area contributed by atoms with Gasteiger partial charge in [0.2, 0.25) is 0 Å². The molecule has 0 aliphatic carbocycles. The van der Waals surface area contributed by atoms with Gasteiger partial charge in [0.25, 0.3) is 0 Å². The van der Waals surface area contributed by atoms with Gasteiger partial charge in [-0.2, -0.15) is 0 Å². The first kappa shape index (κ1) is 10.8. The number of carboxylic acids is 1. The Morgan fingerprint density at radius 3 is 2.00 bits per heavy atom. The Morgan fingerprint density at radius 1 is 1.62 bits per heavy atom. The summed E-state index contributed by atoms with van der Waals surface area (Å²) in [6.45, 7) is 3.26. The van der Waals surface area contributed by atoms with Crippen molar-refractivity contribution in [2.75, 3.05) is 0 Å². The molecule has 2 nitrogen and oxygen atoms in total. The standard InChI is InChI=1S/C5H8O2.Ta/c1-3-4(2)5(6)7;/h3H,1-2H3,(H,6,7);. The van der Waals surface area contributed by atoms with Crippen LogP contribution in [0.25, 0.3) is 0 Å². The molecule has 0 spiro atoms. The predicted octanol–water partition coefficient (Wildman–Crippen LogP) is 1.03. The van der Waals surface area contributed by atoms with Crippen LogP contribution < -0.4 is 0 Å². The number of carbonyl (C=O) groups is 1. The van der Waals surface area contributed by atoms with Crippen molar-refractivity contribution in [2.24, 2.45) is 0 Å². The van der Waals surface area contributed by atoms with E-state index in [9.17, 15) is 4.79 Å². The number of hydrogen-bond donors (Lipinski definition) is 1. The molecule has 0 aromatic heterocycles. The summed E-state index contributed by atoms with van der Waals surface area (Å²) in [5.41, 5.74) is 0.389. The SMILES string of the molecule is CC=C(C)C(=O)O.[Ta]. The summed E-state index contributed by atoms with van der Waals surface area (Å²) in [4.78, 5) is 9.86. The summed E-state index contributed by atoms with van der Waals surface area (Å²) in [5, 5.41) is 8.11. The predicted molar refractivity (Wildman–Crippen MR) is 27.1 cm³/mol. The summed E-state index contributed by atoms with van der Waals surface area (Å²) in [6.07, 6.45) is 1.56. The molecule has 0 atom stereocenters. The molecule has 0 aromatic carbocycles. The normalized spacial score (nSPS) is 10.0. The van der Waals surface area contributed by atoms with Gasteiger partial charge in [0.15, 0.2) is 0 Å². The molecule has 0 saturated heterocycles. The molecule has 45 valence electrons. The fourth-order valence-corrected chi connectivity index (χ4v) is 0.123. The number of carboxylic acid groups (broad SMARTS) is 1. The molecular weight excluding hydrogens is 273 g/mol. The van der Waals surface area contributed by atoms with Crippen molar-refractivity contribution < 1.29 is 32.3 Å². The smallest absolute Gasteiger partial charge is 0.330 e. The van der Waals surface area contributed by atoms with Crippen LogP contribution in [0.3, 0.4) is 0 Å². The van der Waals surface area contributed by atoms with Gasteiger partial charge in [0.1, 0.15) is 0 Å². The van der Waals surface area contributed by atoms with Crippen LogP contribution in [0.15, 0.2) is 11.6 Å². The number of aliphatic carboxylic acids is 1. The van der Waals surface area contributed by atoms with Gasteiger partial charge in [-0.25, -0.2) is 4.79 Å². The molecule has 0 unspecified atom stereocenters. The van der Waals surface area contributed by atoms with E-state index in [0.29, 0.717) is 5.57 Å². The van der Waals surface area contributed by atoms with Crippen LogP contribution in [0.2, 0.25) is 0 Å². The number of hydrogen-bond acceptors (Lipinski definition) is 1. The van der Waals surface area contributed by atoms with Gasteiger partial charge in [-0.05, 0) is 13.8 Å². The van der Waals surface area contributed by atoms with E-state index in [4.69, 9.17) is 5.11 Å². The van der Waals surface area contributed by atoms with Crippen molar-refractivity contribution in [3.63, 3.8) is 0 Å². The number of rotatable bonds is 1. The number of allylic oxidation sites excluding steroid dienone is 1. The Bertz CT molecular complexity index is 107. The van der Waals surface area contributed by atoms with E-state index >= 15 is 0 Å². The molecule has 0 rings (SSSR count). The van der Waals surface area contributed by atoms with Crippen molar-refractivity contribution >= 4 is 5.97 Å². The molecule has 0 bridgehead atoms. The Morgan fingerprint density at radius 2 is 2.00 bits per heavy atom. The van der Waals surface area contributed by atoms with Crippen molar-refractivity contribution in [1.29, 1.82) is 0 Å². The van der Waals surface area contributed by atoms with Gasteiger partial charge in [0, 0.05) is 28.0 Å². The van der Waals surface area contributed by atoms with Crippen LogP contribution >= 0.6 is 0 Å². The van der Waals surface area contributed by atoms with E-state index < -0.39 is 5.97 Å². The maximum atomic E-state index is 9.86. The molecule has 8 heavy (non-hydrogen) atoms. The molecule has 3 heteroatoms. The zero-order valence-corrected chi connectivity index (χ0v) is 8.09. The average molecular weight is 281 g/mol. The van der Waals surface area contributed by atoms with Gasteiger partial charge >= 0.3 is 5.97 Å². The van der Waals surface area contributed by atoms with Crippen molar-refractivity contribution in [3.8, 4) is 0 Å². The molecule has 0 aliphatic rings. The fourth-order valence-electron chi connectivity index (χ4n) is 0.123. The Balaban J connectivity index is 0. The van der Waals surface area contributed by atoms with Gasteiger partial charge < -0.3 is 5.11 Å². The zero-order valence-electron chi connectivity index (χ0n) is 4.88. The fraction of sp³-hybridized carbons (Fsp3) is 0.400. The van der Waals surface area contributed by atoms with Crippen LogP contribution in [0.5, 0.6) is 0 Å². The third-order valence-electron chi connectivity index (χ3n) is 0.770. The van der Waals surface area contributed by atoms with Gasteiger partial charge in [-0.15, -0.1) is 0 Å². The summed E-state index contributed by atoms with van der Waals surface area (Å²) in [5.74, 6) is -0.845. The quantitative estimate of drug-likeness (QED) is 0.729. The molecule has 0 fully saturated rings. The maximum absolute atomic E-state index is 9.86. The van der Waals surface area contributed by atoms with E-state index in [1.165, 1.54) is 0 Å². The topological polar surface area (TPSA) is 37.3 Å². The first-order chi connectivity index (χ1) is 3.18. The van der Waals surface area contributed by atoms with Crippen molar-refractivity contribution in [3.05, 3.63) is 11.6 Å². The second-order valence-electron chi connectivity index (χ2n) is 1.28. The Hall–Kier alpha value is -0.0497. The van der Waals surface area contributed by atoms with E-state index in [-0.39, 0.29) is 22.4 Å². The van der Waals surface area contributed by atoms with Crippen LogP contribution in [-0.2, 0) is 27.2 Å². The van der Waals surface area contributed by atoms with Crippen molar-refractivity contribution in [1.82, 2.24) is 0 Å².